The minimum absolute atomic E-state index is 0.148. The van der Waals surface area contributed by atoms with Crippen molar-refractivity contribution in [2.75, 3.05) is 31.1 Å². The molecule has 0 radical (unpaired) electrons. The Morgan fingerprint density at radius 2 is 2.06 bits per heavy atom. The Morgan fingerprint density at radius 1 is 1.25 bits per heavy atom. The molecule has 1 aliphatic rings. The maximum absolute atomic E-state index is 4.42. The quantitative estimate of drug-likeness (QED) is 0.757. The van der Waals surface area contributed by atoms with Crippen molar-refractivity contribution in [2.24, 2.45) is 0 Å². The number of nitrogens with zero attached hydrogens (tertiary/aromatic N) is 2. The smallest absolute Gasteiger partial charge is 0.150 e. The molecule has 2 heterocycles. The summed E-state index contributed by atoms with van der Waals surface area (Å²) in [5.41, 5.74) is 1.36. The Kier molecular flexibility index (Phi) is 3.19. The van der Waals surface area contributed by atoms with Crippen molar-refractivity contribution in [3.8, 4) is 0 Å². The zero-order valence-corrected chi connectivity index (χ0v) is 10.5. The molecular formula is C12H22N4. The fourth-order valence-electron chi connectivity index (χ4n) is 1.93. The molecule has 4 heteroatoms. The summed E-state index contributed by atoms with van der Waals surface area (Å²) in [6.07, 6.45) is 1.19. The van der Waals surface area contributed by atoms with Gasteiger partial charge in [0, 0.05) is 36.8 Å². The van der Waals surface area contributed by atoms with Crippen LogP contribution in [0.5, 0.6) is 0 Å². The standard InChI is InChI=1S/C12H22N4/c1-12(2,3)10-9-11(15-14-10)16-7-4-5-13-6-8-16/h9,13H,4-8H2,1-3H3,(H,14,15). The van der Waals surface area contributed by atoms with Gasteiger partial charge in [-0.3, -0.25) is 5.10 Å². The Morgan fingerprint density at radius 3 is 2.75 bits per heavy atom. The van der Waals surface area contributed by atoms with Gasteiger partial charge in [-0.25, -0.2) is 0 Å². The number of H-pyrrole nitrogens is 1. The molecule has 0 aliphatic carbocycles. The third-order valence-electron chi connectivity index (χ3n) is 3.04. The molecule has 4 nitrogen and oxygen atoms in total. The summed E-state index contributed by atoms with van der Waals surface area (Å²) in [6, 6.07) is 2.19. The molecule has 0 amide bonds. The number of nitrogens with one attached hydrogen (secondary N) is 2. The number of aromatic amines is 1. The highest BCUT2D eigenvalue weighted by Crippen LogP contribution is 2.23. The molecule has 90 valence electrons. The van der Waals surface area contributed by atoms with Crippen LogP contribution in [-0.2, 0) is 5.41 Å². The molecule has 1 aliphatic heterocycles. The molecule has 1 saturated heterocycles. The number of hydrogen-bond acceptors (Lipinski definition) is 3. The normalized spacial score (nSPS) is 18.6. The van der Waals surface area contributed by atoms with Crippen molar-refractivity contribution in [2.45, 2.75) is 32.6 Å². The van der Waals surface area contributed by atoms with Crippen LogP contribution in [0.25, 0.3) is 0 Å². The molecule has 1 aromatic heterocycles. The lowest BCUT2D eigenvalue weighted by Crippen LogP contribution is -2.28. The predicted molar refractivity (Wildman–Crippen MR) is 67.0 cm³/mol. The lowest BCUT2D eigenvalue weighted by atomic mass is 9.92. The largest absolute Gasteiger partial charge is 0.354 e. The first-order valence-corrected chi connectivity index (χ1v) is 6.09. The molecule has 0 unspecified atom stereocenters. The van der Waals surface area contributed by atoms with Crippen LogP contribution < -0.4 is 10.2 Å². The second-order valence-corrected chi connectivity index (χ2v) is 5.48. The van der Waals surface area contributed by atoms with Crippen LogP contribution >= 0.6 is 0 Å². The first kappa shape index (κ1) is 11.5. The topological polar surface area (TPSA) is 44.0 Å². The van der Waals surface area contributed by atoms with Gasteiger partial charge in [0.05, 0.1) is 0 Å². The lowest BCUT2D eigenvalue weighted by Gasteiger charge is -2.19. The van der Waals surface area contributed by atoms with Crippen LogP contribution in [0, 0.1) is 0 Å². The van der Waals surface area contributed by atoms with Crippen molar-refractivity contribution in [1.29, 1.82) is 0 Å². The summed E-state index contributed by atoms with van der Waals surface area (Å²) in [7, 11) is 0. The van der Waals surface area contributed by atoms with Gasteiger partial charge >= 0.3 is 0 Å². The SMILES string of the molecule is CC(C)(C)c1cc(N2CCCNCC2)n[nH]1. The van der Waals surface area contributed by atoms with Crippen molar-refractivity contribution in [3.63, 3.8) is 0 Å². The van der Waals surface area contributed by atoms with Crippen molar-refractivity contribution in [1.82, 2.24) is 15.5 Å². The van der Waals surface area contributed by atoms with Gasteiger partial charge in [-0.15, -0.1) is 0 Å². The lowest BCUT2D eigenvalue weighted by molar-refractivity contribution is 0.567. The van der Waals surface area contributed by atoms with Gasteiger partial charge in [0.25, 0.3) is 0 Å². The molecule has 0 atom stereocenters. The molecule has 0 saturated carbocycles. The molecule has 0 bridgehead atoms. The van der Waals surface area contributed by atoms with Crippen molar-refractivity contribution < 1.29 is 0 Å². The van der Waals surface area contributed by atoms with Gasteiger partial charge in [0.2, 0.25) is 0 Å². The molecule has 16 heavy (non-hydrogen) atoms. The van der Waals surface area contributed by atoms with Crippen molar-refractivity contribution >= 4 is 5.82 Å². The Labute approximate surface area is 97.4 Å². The highest BCUT2D eigenvalue weighted by atomic mass is 15.3. The van der Waals surface area contributed by atoms with Crippen molar-refractivity contribution in [3.05, 3.63) is 11.8 Å². The van der Waals surface area contributed by atoms with Crippen LogP contribution in [-0.4, -0.2) is 36.4 Å². The Bertz CT molecular complexity index is 329. The minimum Gasteiger partial charge on any atom is -0.354 e. The second kappa shape index (κ2) is 4.45. The summed E-state index contributed by atoms with van der Waals surface area (Å²) < 4.78 is 0. The zero-order valence-electron chi connectivity index (χ0n) is 10.5. The average molecular weight is 222 g/mol. The van der Waals surface area contributed by atoms with Crippen LogP contribution in [0.3, 0.4) is 0 Å². The fourth-order valence-corrected chi connectivity index (χ4v) is 1.93. The Balaban J connectivity index is 2.11. The zero-order chi connectivity index (χ0) is 11.6. The summed E-state index contributed by atoms with van der Waals surface area (Å²) in [6.45, 7) is 10.9. The summed E-state index contributed by atoms with van der Waals surface area (Å²) >= 11 is 0. The number of anilines is 1. The first-order chi connectivity index (χ1) is 7.57. The van der Waals surface area contributed by atoms with Crippen LogP contribution in [0.2, 0.25) is 0 Å². The number of aromatic nitrogens is 2. The maximum Gasteiger partial charge on any atom is 0.150 e. The summed E-state index contributed by atoms with van der Waals surface area (Å²) in [5.74, 6) is 1.09. The maximum atomic E-state index is 4.42. The minimum atomic E-state index is 0.148. The molecule has 0 spiro atoms. The van der Waals surface area contributed by atoms with Gasteiger partial charge in [-0.1, -0.05) is 20.8 Å². The second-order valence-electron chi connectivity index (χ2n) is 5.48. The number of rotatable bonds is 1. The molecular weight excluding hydrogens is 200 g/mol. The average Bonchev–Trinajstić information content (AvgIpc) is 2.55. The highest BCUT2D eigenvalue weighted by molar-refractivity contribution is 5.41. The van der Waals surface area contributed by atoms with E-state index in [-0.39, 0.29) is 5.41 Å². The summed E-state index contributed by atoms with van der Waals surface area (Å²) in [4.78, 5) is 2.35. The van der Waals surface area contributed by atoms with E-state index in [0.717, 1.165) is 32.0 Å². The monoisotopic (exact) mass is 222 g/mol. The molecule has 2 rings (SSSR count). The Hall–Kier alpha value is -1.03. The third-order valence-corrected chi connectivity index (χ3v) is 3.04. The van der Waals surface area contributed by atoms with Gasteiger partial charge in [0.15, 0.2) is 5.82 Å². The number of hydrogen-bond donors (Lipinski definition) is 2. The van der Waals surface area contributed by atoms with E-state index in [4.69, 9.17) is 0 Å². The van der Waals surface area contributed by atoms with Gasteiger partial charge in [-0.2, -0.15) is 5.10 Å². The predicted octanol–water partition coefficient (Wildman–Crippen LogP) is 1.51. The summed E-state index contributed by atoms with van der Waals surface area (Å²) in [5, 5.41) is 11.0. The van der Waals surface area contributed by atoms with E-state index in [1.165, 1.54) is 12.1 Å². The van der Waals surface area contributed by atoms with E-state index in [1.807, 2.05) is 0 Å². The fraction of sp³-hybridized carbons (Fsp3) is 0.750. The van der Waals surface area contributed by atoms with Gasteiger partial charge in [0.1, 0.15) is 0 Å². The molecule has 2 N–H and O–H groups in total. The van der Waals surface area contributed by atoms with E-state index in [2.05, 4.69) is 47.3 Å². The van der Waals surface area contributed by atoms with E-state index in [1.54, 1.807) is 0 Å². The first-order valence-electron chi connectivity index (χ1n) is 6.09. The van der Waals surface area contributed by atoms with Crippen LogP contribution in [0.4, 0.5) is 5.82 Å². The molecule has 1 aromatic rings. The van der Waals surface area contributed by atoms with E-state index in [9.17, 15) is 0 Å². The van der Waals surface area contributed by atoms with Gasteiger partial charge < -0.3 is 10.2 Å². The van der Waals surface area contributed by atoms with Crippen LogP contribution in [0.1, 0.15) is 32.9 Å². The highest BCUT2D eigenvalue weighted by Gasteiger charge is 2.19. The third kappa shape index (κ3) is 2.55. The van der Waals surface area contributed by atoms with Gasteiger partial charge in [-0.05, 0) is 13.0 Å². The molecule has 1 fully saturated rings. The van der Waals surface area contributed by atoms with E-state index >= 15 is 0 Å². The molecule has 0 aromatic carbocycles. The van der Waals surface area contributed by atoms with E-state index in [0.29, 0.717) is 0 Å². The van der Waals surface area contributed by atoms with Crippen LogP contribution in [0.15, 0.2) is 6.07 Å². The van der Waals surface area contributed by atoms with E-state index < -0.39 is 0 Å².